The van der Waals surface area contributed by atoms with Gasteiger partial charge in [-0.25, -0.2) is 9.37 Å². The fourth-order valence-electron chi connectivity index (χ4n) is 3.67. The molecule has 5 nitrogen and oxygen atoms in total. The minimum absolute atomic E-state index is 0.121. The van der Waals surface area contributed by atoms with Crippen molar-refractivity contribution in [1.29, 1.82) is 0 Å². The van der Waals surface area contributed by atoms with E-state index in [1.165, 1.54) is 12.1 Å². The van der Waals surface area contributed by atoms with Gasteiger partial charge in [0.2, 0.25) is 0 Å². The molecule has 0 aliphatic rings. The van der Waals surface area contributed by atoms with Gasteiger partial charge in [-0.15, -0.1) is 11.3 Å². The third-order valence-electron chi connectivity index (χ3n) is 5.55. The maximum Gasteiger partial charge on any atom is 0.303 e. The first-order valence-electron chi connectivity index (χ1n) is 11.0. The van der Waals surface area contributed by atoms with Gasteiger partial charge in [-0.3, -0.25) is 9.78 Å². The van der Waals surface area contributed by atoms with Gasteiger partial charge in [-0.2, -0.15) is 0 Å². The number of carboxylic acid groups (broad SMARTS) is 1. The molecule has 0 spiro atoms. The lowest BCUT2D eigenvalue weighted by Crippen LogP contribution is -2.04. The molecule has 2 heterocycles. The van der Waals surface area contributed by atoms with E-state index in [0.29, 0.717) is 19.4 Å². The van der Waals surface area contributed by atoms with E-state index in [1.54, 1.807) is 23.6 Å². The van der Waals surface area contributed by atoms with Crippen LogP contribution in [0.3, 0.4) is 0 Å². The molecule has 0 amide bonds. The monoisotopic (exact) mass is 476 g/mol. The Hall–Kier alpha value is -3.58. The molecule has 174 valence electrons. The lowest BCUT2D eigenvalue weighted by molar-refractivity contribution is -0.136. The number of hydrogen-bond donors (Lipinski definition) is 1. The second kappa shape index (κ2) is 10.6. The minimum atomic E-state index is -0.795. The van der Waals surface area contributed by atoms with Gasteiger partial charge >= 0.3 is 5.97 Å². The number of rotatable bonds is 9. The van der Waals surface area contributed by atoms with Crippen molar-refractivity contribution in [2.24, 2.45) is 0 Å². The standard InChI is InChI=1S/C27H25FN2O3S/c1-17-14-23(9-6-19(17)8-11-26(31)32)33-13-12-24-18(2)34-27(30-24)21-7-10-25(29-16-21)20-4-3-5-22(28)15-20/h3-7,9-10,14-16H,8,11-13H2,1-2H3,(H,31,32). The number of aromatic nitrogens is 2. The summed E-state index contributed by atoms with van der Waals surface area (Å²) in [5, 5.41) is 9.76. The molecule has 0 saturated heterocycles. The summed E-state index contributed by atoms with van der Waals surface area (Å²) in [6, 6.07) is 16.0. The number of aryl methyl sites for hydroxylation is 3. The van der Waals surface area contributed by atoms with Gasteiger partial charge in [-0.05, 0) is 67.8 Å². The van der Waals surface area contributed by atoms with Gasteiger partial charge in [0.05, 0.1) is 18.0 Å². The van der Waals surface area contributed by atoms with E-state index < -0.39 is 5.97 Å². The van der Waals surface area contributed by atoms with Crippen molar-refractivity contribution in [3.8, 4) is 27.6 Å². The maximum atomic E-state index is 13.5. The lowest BCUT2D eigenvalue weighted by atomic mass is 10.0. The smallest absolute Gasteiger partial charge is 0.303 e. The number of thiazole rings is 1. The van der Waals surface area contributed by atoms with Crippen LogP contribution in [0.4, 0.5) is 4.39 Å². The van der Waals surface area contributed by atoms with E-state index in [4.69, 9.17) is 14.8 Å². The topological polar surface area (TPSA) is 72.3 Å². The van der Waals surface area contributed by atoms with Crippen molar-refractivity contribution >= 4 is 17.3 Å². The number of carboxylic acids is 1. The number of nitrogens with zero attached hydrogens (tertiary/aromatic N) is 2. The van der Waals surface area contributed by atoms with Crippen LogP contribution in [-0.2, 0) is 17.6 Å². The third-order valence-corrected chi connectivity index (χ3v) is 6.62. The van der Waals surface area contributed by atoms with E-state index in [-0.39, 0.29) is 12.2 Å². The Morgan fingerprint density at radius 2 is 1.91 bits per heavy atom. The van der Waals surface area contributed by atoms with Gasteiger partial charge < -0.3 is 9.84 Å². The van der Waals surface area contributed by atoms with Crippen molar-refractivity contribution in [2.75, 3.05) is 6.61 Å². The zero-order valence-electron chi connectivity index (χ0n) is 19.0. The average Bonchev–Trinajstić information content (AvgIpc) is 3.19. The number of benzene rings is 2. The molecular formula is C27H25FN2O3S. The number of halogens is 1. The van der Waals surface area contributed by atoms with Crippen molar-refractivity contribution in [1.82, 2.24) is 9.97 Å². The van der Waals surface area contributed by atoms with Crippen LogP contribution >= 0.6 is 11.3 Å². The van der Waals surface area contributed by atoms with E-state index in [2.05, 4.69) is 4.98 Å². The Morgan fingerprint density at radius 1 is 1.06 bits per heavy atom. The summed E-state index contributed by atoms with van der Waals surface area (Å²) < 4.78 is 19.4. The van der Waals surface area contributed by atoms with Crippen LogP contribution < -0.4 is 4.74 Å². The summed E-state index contributed by atoms with van der Waals surface area (Å²) in [6.45, 7) is 4.51. The second-order valence-electron chi connectivity index (χ2n) is 8.04. The highest BCUT2D eigenvalue weighted by Crippen LogP contribution is 2.29. The molecule has 4 aromatic rings. The predicted molar refractivity (Wildman–Crippen MR) is 132 cm³/mol. The van der Waals surface area contributed by atoms with E-state index in [9.17, 15) is 9.18 Å². The van der Waals surface area contributed by atoms with Gasteiger partial charge in [-0.1, -0.05) is 18.2 Å². The maximum absolute atomic E-state index is 13.5. The van der Waals surface area contributed by atoms with E-state index in [1.807, 2.05) is 50.2 Å². The van der Waals surface area contributed by atoms with Crippen molar-refractivity contribution in [3.05, 3.63) is 88.3 Å². The number of carbonyl (C=O) groups is 1. The molecule has 2 aromatic heterocycles. The van der Waals surface area contributed by atoms with Crippen molar-refractivity contribution < 1.29 is 19.0 Å². The molecule has 0 aliphatic heterocycles. The Morgan fingerprint density at radius 3 is 2.62 bits per heavy atom. The Bertz CT molecular complexity index is 1300. The van der Waals surface area contributed by atoms with Gasteiger partial charge in [0.15, 0.2) is 0 Å². The molecule has 0 bridgehead atoms. The third kappa shape index (κ3) is 5.85. The summed E-state index contributed by atoms with van der Waals surface area (Å²) in [5.74, 6) is -0.312. The normalized spacial score (nSPS) is 10.9. The molecule has 0 unspecified atom stereocenters. The molecule has 4 rings (SSSR count). The molecule has 0 fully saturated rings. The van der Waals surface area contributed by atoms with Crippen LogP contribution in [0.5, 0.6) is 5.75 Å². The van der Waals surface area contributed by atoms with Crippen LogP contribution in [0.2, 0.25) is 0 Å². The molecule has 2 aromatic carbocycles. The van der Waals surface area contributed by atoms with Crippen LogP contribution in [0.1, 0.15) is 28.1 Å². The number of hydrogen-bond acceptors (Lipinski definition) is 5. The summed E-state index contributed by atoms with van der Waals surface area (Å²) in [5.41, 5.74) is 5.42. The Labute approximate surface area is 201 Å². The molecule has 7 heteroatoms. The number of ether oxygens (including phenoxy) is 1. The predicted octanol–water partition coefficient (Wildman–Crippen LogP) is 6.27. The number of aliphatic carboxylic acids is 1. The fourth-order valence-corrected chi connectivity index (χ4v) is 4.62. The molecule has 0 saturated carbocycles. The summed E-state index contributed by atoms with van der Waals surface area (Å²) in [4.78, 5) is 21.2. The van der Waals surface area contributed by atoms with E-state index in [0.717, 1.165) is 49.3 Å². The zero-order chi connectivity index (χ0) is 24.1. The highest BCUT2D eigenvalue weighted by Gasteiger charge is 2.11. The average molecular weight is 477 g/mol. The summed E-state index contributed by atoms with van der Waals surface area (Å²) >= 11 is 1.62. The van der Waals surface area contributed by atoms with E-state index >= 15 is 0 Å². The molecule has 1 N–H and O–H groups in total. The first-order valence-corrected chi connectivity index (χ1v) is 11.8. The molecule has 34 heavy (non-hydrogen) atoms. The lowest BCUT2D eigenvalue weighted by Gasteiger charge is -2.09. The van der Waals surface area contributed by atoms with Crippen molar-refractivity contribution in [2.45, 2.75) is 33.1 Å². The highest BCUT2D eigenvalue weighted by molar-refractivity contribution is 7.15. The number of pyridine rings is 1. The molecule has 0 atom stereocenters. The highest BCUT2D eigenvalue weighted by atomic mass is 32.1. The second-order valence-corrected chi connectivity index (χ2v) is 9.25. The van der Waals surface area contributed by atoms with Gasteiger partial charge in [0, 0.05) is 35.0 Å². The fraction of sp³-hybridized carbons (Fsp3) is 0.222. The molecular weight excluding hydrogens is 451 g/mol. The van der Waals surface area contributed by atoms with Crippen LogP contribution in [0, 0.1) is 19.7 Å². The Kier molecular flexibility index (Phi) is 7.33. The Balaban J connectivity index is 1.37. The summed E-state index contributed by atoms with van der Waals surface area (Å²) in [7, 11) is 0. The van der Waals surface area contributed by atoms with Crippen LogP contribution in [0.15, 0.2) is 60.8 Å². The van der Waals surface area contributed by atoms with Gasteiger partial charge in [0.25, 0.3) is 0 Å². The van der Waals surface area contributed by atoms with Crippen LogP contribution in [-0.4, -0.2) is 27.7 Å². The summed E-state index contributed by atoms with van der Waals surface area (Å²) in [6.07, 6.45) is 3.08. The first-order chi connectivity index (χ1) is 16.4. The van der Waals surface area contributed by atoms with Crippen LogP contribution in [0.25, 0.3) is 21.8 Å². The van der Waals surface area contributed by atoms with Gasteiger partial charge in [0.1, 0.15) is 16.6 Å². The quantitative estimate of drug-likeness (QED) is 0.308. The largest absolute Gasteiger partial charge is 0.493 e. The van der Waals surface area contributed by atoms with Crippen molar-refractivity contribution in [3.63, 3.8) is 0 Å². The first kappa shape index (κ1) is 23.6. The zero-order valence-corrected chi connectivity index (χ0v) is 19.9. The molecule has 0 aliphatic carbocycles. The SMILES string of the molecule is Cc1cc(OCCc2nc(-c3ccc(-c4cccc(F)c4)nc3)sc2C)ccc1CCC(=O)O. The minimum Gasteiger partial charge on any atom is -0.493 e. The molecule has 0 radical (unpaired) electrons.